The van der Waals surface area contributed by atoms with E-state index in [1.54, 1.807) is 4.90 Å². The Morgan fingerprint density at radius 2 is 2.15 bits per heavy atom. The Morgan fingerprint density at radius 3 is 2.80 bits per heavy atom. The summed E-state index contributed by atoms with van der Waals surface area (Å²) in [7, 11) is 1.94. The Hall–Kier alpha value is -1.55. The van der Waals surface area contributed by atoms with Gasteiger partial charge < -0.3 is 10.1 Å². The van der Waals surface area contributed by atoms with E-state index in [1.807, 2.05) is 27.8 Å². The summed E-state index contributed by atoms with van der Waals surface area (Å²) >= 11 is 0. The highest BCUT2D eigenvalue weighted by Crippen LogP contribution is 2.33. The first kappa shape index (κ1) is 14.9. The van der Waals surface area contributed by atoms with E-state index >= 15 is 0 Å². The molecule has 1 aromatic carbocycles. The number of benzene rings is 1. The lowest BCUT2D eigenvalue weighted by Gasteiger charge is -2.26. The highest BCUT2D eigenvalue weighted by Gasteiger charge is 2.30. The van der Waals surface area contributed by atoms with Crippen molar-refractivity contribution in [2.24, 2.45) is 0 Å². The molecule has 0 saturated carbocycles. The molecule has 1 N–H and O–H groups in total. The first-order valence-electron chi connectivity index (χ1n) is 7.18. The SMILES string of the molecule is CNCCc1cccc2c1N(C(=O)OC(C)(C)C)CC2. The van der Waals surface area contributed by atoms with Crippen molar-refractivity contribution in [1.82, 2.24) is 5.32 Å². The van der Waals surface area contributed by atoms with Gasteiger partial charge in [0.2, 0.25) is 0 Å². The van der Waals surface area contributed by atoms with Gasteiger partial charge >= 0.3 is 6.09 Å². The van der Waals surface area contributed by atoms with E-state index in [9.17, 15) is 4.79 Å². The second-order valence-corrected chi connectivity index (χ2v) is 6.16. The number of para-hydroxylation sites is 1. The predicted molar refractivity (Wildman–Crippen MR) is 81.4 cm³/mol. The predicted octanol–water partition coefficient (Wildman–Crippen LogP) is 2.75. The van der Waals surface area contributed by atoms with Gasteiger partial charge in [0.15, 0.2) is 0 Å². The summed E-state index contributed by atoms with van der Waals surface area (Å²) in [5.41, 5.74) is 3.04. The molecule has 0 fully saturated rings. The van der Waals surface area contributed by atoms with E-state index in [0.29, 0.717) is 6.54 Å². The fourth-order valence-corrected chi connectivity index (χ4v) is 2.50. The molecule has 0 bridgehead atoms. The number of hydrogen-bond acceptors (Lipinski definition) is 3. The number of nitrogens with one attached hydrogen (secondary N) is 1. The summed E-state index contributed by atoms with van der Waals surface area (Å²) in [5.74, 6) is 0. The van der Waals surface area contributed by atoms with Gasteiger partial charge in [-0.3, -0.25) is 4.90 Å². The molecule has 1 aliphatic heterocycles. The highest BCUT2D eigenvalue weighted by molar-refractivity contribution is 5.91. The maximum atomic E-state index is 12.3. The minimum Gasteiger partial charge on any atom is -0.443 e. The molecule has 4 nitrogen and oxygen atoms in total. The first-order valence-corrected chi connectivity index (χ1v) is 7.18. The van der Waals surface area contributed by atoms with Crippen molar-refractivity contribution < 1.29 is 9.53 Å². The van der Waals surface area contributed by atoms with Crippen LogP contribution in [0.2, 0.25) is 0 Å². The lowest BCUT2D eigenvalue weighted by Crippen LogP contribution is -2.36. The minimum atomic E-state index is -0.459. The van der Waals surface area contributed by atoms with Crippen molar-refractivity contribution in [1.29, 1.82) is 0 Å². The molecule has 0 unspecified atom stereocenters. The van der Waals surface area contributed by atoms with Crippen molar-refractivity contribution in [3.63, 3.8) is 0 Å². The second-order valence-electron chi connectivity index (χ2n) is 6.16. The van der Waals surface area contributed by atoms with Crippen LogP contribution in [0.3, 0.4) is 0 Å². The number of ether oxygens (including phenoxy) is 1. The fraction of sp³-hybridized carbons (Fsp3) is 0.562. The zero-order chi connectivity index (χ0) is 14.8. The molecule has 0 aromatic heterocycles. The van der Waals surface area contributed by atoms with Crippen LogP contribution in [-0.4, -0.2) is 31.8 Å². The molecule has 1 heterocycles. The van der Waals surface area contributed by atoms with Crippen molar-refractivity contribution in [3.8, 4) is 0 Å². The number of fused-ring (bicyclic) bond motifs is 1. The molecular formula is C16H24N2O2. The Kier molecular flexibility index (Phi) is 4.33. The quantitative estimate of drug-likeness (QED) is 0.923. The maximum absolute atomic E-state index is 12.3. The minimum absolute atomic E-state index is 0.242. The Morgan fingerprint density at radius 1 is 1.40 bits per heavy atom. The van der Waals surface area contributed by atoms with Gasteiger partial charge in [0, 0.05) is 6.54 Å². The largest absolute Gasteiger partial charge is 0.443 e. The zero-order valence-electron chi connectivity index (χ0n) is 12.8. The highest BCUT2D eigenvalue weighted by atomic mass is 16.6. The third-order valence-corrected chi connectivity index (χ3v) is 3.34. The van der Waals surface area contributed by atoms with Gasteiger partial charge in [-0.25, -0.2) is 4.79 Å². The molecule has 0 atom stereocenters. The van der Waals surface area contributed by atoms with Gasteiger partial charge in [-0.2, -0.15) is 0 Å². The van der Waals surface area contributed by atoms with Gasteiger partial charge in [0.05, 0.1) is 5.69 Å². The number of nitrogens with zero attached hydrogens (tertiary/aromatic N) is 1. The van der Waals surface area contributed by atoms with Crippen molar-refractivity contribution in [2.45, 2.75) is 39.2 Å². The molecule has 110 valence electrons. The van der Waals surface area contributed by atoms with Crippen LogP contribution in [0.4, 0.5) is 10.5 Å². The Labute approximate surface area is 121 Å². The summed E-state index contributed by atoms with van der Waals surface area (Å²) in [4.78, 5) is 14.1. The molecule has 1 aromatic rings. The van der Waals surface area contributed by atoms with E-state index in [1.165, 1.54) is 11.1 Å². The third kappa shape index (κ3) is 3.31. The number of amides is 1. The van der Waals surface area contributed by atoms with Crippen LogP contribution < -0.4 is 10.2 Å². The molecule has 20 heavy (non-hydrogen) atoms. The van der Waals surface area contributed by atoms with Gasteiger partial charge in [-0.1, -0.05) is 18.2 Å². The number of hydrogen-bond donors (Lipinski definition) is 1. The average Bonchev–Trinajstić information content (AvgIpc) is 2.78. The van der Waals surface area contributed by atoms with E-state index in [0.717, 1.165) is 25.1 Å². The van der Waals surface area contributed by atoms with E-state index in [4.69, 9.17) is 4.74 Å². The molecular weight excluding hydrogens is 252 g/mol. The van der Waals surface area contributed by atoms with Crippen molar-refractivity contribution >= 4 is 11.8 Å². The monoisotopic (exact) mass is 276 g/mol. The molecule has 1 aliphatic rings. The fourth-order valence-electron chi connectivity index (χ4n) is 2.50. The van der Waals surface area contributed by atoms with E-state index in [-0.39, 0.29) is 6.09 Å². The summed E-state index contributed by atoms with van der Waals surface area (Å²) in [6.45, 7) is 7.30. The number of carbonyl (C=O) groups is 1. The molecule has 0 saturated heterocycles. The smallest absolute Gasteiger partial charge is 0.414 e. The van der Waals surface area contributed by atoms with Crippen LogP contribution >= 0.6 is 0 Å². The van der Waals surface area contributed by atoms with Gasteiger partial charge in [0.25, 0.3) is 0 Å². The third-order valence-electron chi connectivity index (χ3n) is 3.34. The Bertz CT molecular complexity index is 492. The molecule has 2 rings (SSSR count). The maximum Gasteiger partial charge on any atom is 0.414 e. The average molecular weight is 276 g/mol. The van der Waals surface area contributed by atoms with Crippen LogP contribution in [0, 0.1) is 0 Å². The van der Waals surface area contributed by atoms with E-state index < -0.39 is 5.60 Å². The van der Waals surface area contributed by atoms with Crippen molar-refractivity contribution in [3.05, 3.63) is 29.3 Å². The number of carbonyl (C=O) groups excluding carboxylic acids is 1. The normalized spacial score (nSPS) is 14.3. The van der Waals surface area contributed by atoms with Crippen molar-refractivity contribution in [2.75, 3.05) is 25.0 Å². The second kappa shape index (κ2) is 5.83. The molecule has 0 radical (unpaired) electrons. The van der Waals surface area contributed by atoms with Crippen LogP contribution in [0.1, 0.15) is 31.9 Å². The summed E-state index contributed by atoms with van der Waals surface area (Å²) < 4.78 is 5.51. The lowest BCUT2D eigenvalue weighted by molar-refractivity contribution is 0.0583. The molecule has 0 aliphatic carbocycles. The molecule has 4 heteroatoms. The molecule has 1 amide bonds. The standard InChI is InChI=1S/C16H24N2O2/c1-16(2,3)20-15(19)18-11-9-13-7-5-6-12(14(13)18)8-10-17-4/h5-7,17H,8-11H2,1-4H3. The summed E-state index contributed by atoms with van der Waals surface area (Å²) in [6.07, 6.45) is 1.58. The van der Waals surface area contributed by atoms with Crippen LogP contribution in [0.25, 0.3) is 0 Å². The van der Waals surface area contributed by atoms with E-state index in [2.05, 4.69) is 23.5 Å². The van der Waals surface area contributed by atoms with Gasteiger partial charge in [-0.15, -0.1) is 0 Å². The topological polar surface area (TPSA) is 41.6 Å². The zero-order valence-corrected chi connectivity index (χ0v) is 12.8. The van der Waals surface area contributed by atoms with Gasteiger partial charge in [-0.05, 0) is 58.3 Å². The lowest BCUT2D eigenvalue weighted by atomic mass is 10.0. The Balaban J connectivity index is 2.24. The number of likely N-dealkylation sites (N-methyl/N-ethyl adjacent to an activating group) is 1. The first-order chi connectivity index (χ1) is 9.42. The van der Waals surface area contributed by atoms with Crippen LogP contribution in [0.5, 0.6) is 0 Å². The van der Waals surface area contributed by atoms with Crippen LogP contribution in [0.15, 0.2) is 18.2 Å². The molecule has 0 spiro atoms. The summed E-state index contributed by atoms with van der Waals surface area (Å²) in [6, 6.07) is 6.27. The number of rotatable bonds is 3. The van der Waals surface area contributed by atoms with Crippen LogP contribution in [-0.2, 0) is 17.6 Å². The number of anilines is 1. The van der Waals surface area contributed by atoms with Gasteiger partial charge in [0.1, 0.15) is 5.60 Å². The summed E-state index contributed by atoms with van der Waals surface area (Å²) in [5, 5.41) is 3.15.